The highest BCUT2D eigenvalue weighted by atomic mass is 16.2. The van der Waals surface area contributed by atoms with Gasteiger partial charge in [0.25, 0.3) is 5.91 Å². The molecule has 0 bridgehead atoms. The zero-order chi connectivity index (χ0) is 14.0. The maximum Gasteiger partial charge on any atom is 0.295 e. The van der Waals surface area contributed by atoms with E-state index < -0.39 is 0 Å². The second-order valence-corrected chi connectivity index (χ2v) is 5.33. The average Bonchev–Trinajstić information content (AvgIpc) is 2.74. The zero-order valence-electron chi connectivity index (χ0n) is 11.5. The Labute approximate surface area is 111 Å². The predicted molar refractivity (Wildman–Crippen MR) is 71.9 cm³/mol. The van der Waals surface area contributed by atoms with Crippen molar-refractivity contribution in [3.8, 4) is 0 Å². The molecule has 0 unspecified atom stereocenters. The summed E-state index contributed by atoms with van der Waals surface area (Å²) in [4.78, 5) is 24.4. The number of carbonyl (C=O) groups is 1. The van der Waals surface area contributed by atoms with Crippen molar-refractivity contribution in [1.29, 1.82) is 0 Å². The third-order valence-electron chi connectivity index (χ3n) is 2.67. The Hall–Kier alpha value is -2.24. The van der Waals surface area contributed by atoms with Gasteiger partial charge in [0.05, 0.1) is 0 Å². The third-order valence-corrected chi connectivity index (χ3v) is 2.67. The molecule has 1 amide bonds. The number of imidazole rings is 1. The lowest BCUT2D eigenvalue weighted by molar-refractivity contribution is 0.101. The molecule has 0 aliphatic carbocycles. The molecule has 0 aromatic carbocycles. The van der Waals surface area contributed by atoms with Crippen LogP contribution in [0.5, 0.6) is 0 Å². The van der Waals surface area contributed by atoms with E-state index in [0.29, 0.717) is 5.95 Å². The molecule has 0 radical (unpaired) electrons. The van der Waals surface area contributed by atoms with Crippen LogP contribution in [-0.4, -0.2) is 25.4 Å². The molecule has 0 spiro atoms. The molecule has 0 aliphatic rings. The largest absolute Gasteiger partial charge is 0.320 e. The van der Waals surface area contributed by atoms with Gasteiger partial charge in [-0.2, -0.15) is 0 Å². The van der Waals surface area contributed by atoms with Crippen LogP contribution in [0.2, 0.25) is 0 Å². The fraction of sp³-hybridized carbons (Fsp3) is 0.385. The van der Waals surface area contributed by atoms with Crippen LogP contribution in [0.1, 0.15) is 37.1 Å². The van der Waals surface area contributed by atoms with Crippen LogP contribution in [0, 0.1) is 0 Å². The van der Waals surface area contributed by atoms with Gasteiger partial charge >= 0.3 is 0 Å². The van der Waals surface area contributed by atoms with Crippen LogP contribution >= 0.6 is 0 Å². The molecule has 0 saturated heterocycles. The lowest BCUT2D eigenvalue weighted by Gasteiger charge is -2.17. The lowest BCUT2D eigenvalue weighted by atomic mass is 9.92. The molecule has 6 heteroatoms. The predicted octanol–water partition coefficient (Wildman–Crippen LogP) is 1.76. The van der Waals surface area contributed by atoms with Gasteiger partial charge in [-0.25, -0.2) is 15.0 Å². The monoisotopic (exact) mass is 259 g/mol. The fourth-order valence-electron chi connectivity index (χ4n) is 1.53. The highest BCUT2D eigenvalue weighted by Crippen LogP contribution is 2.19. The number of carbonyl (C=O) groups excluding carboxylic acids is 1. The Balaban J connectivity index is 2.23. The molecule has 1 N–H and O–H groups in total. The van der Waals surface area contributed by atoms with Crippen LogP contribution in [-0.2, 0) is 12.5 Å². The highest BCUT2D eigenvalue weighted by Gasteiger charge is 2.19. The summed E-state index contributed by atoms with van der Waals surface area (Å²) < 4.78 is 1.71. The summed E-state index contributed by atoms with van der Waals surface area (Å²) in [5.74, 6) is 0.255. The second kappa shape index (κ2) is 4.79. The van der Waals surface area contributed by atoms with E-state index in [1.54, 1.807) is 30.2 Å². The van der Waals surface area contributed by atoms with Crippen LogP contribution < -0.4 is 5.32 Å². The van der Waals surface area contributed by atoms with E-state index in [-0.39, 0.29) is 17.1 Å². The van der Waals surface area contributed by atoms with Gasteiger partial charge in [-0.1, -0.05) is 20.8 Å². The van der Waals surface area contributed by atoms with Crippen molar-refractivity contribution in [1.82, 2.24) is 19.5 Å². The van der Waals surface area contributed by atoms with Crippen LogP contribution in [0.3, 0.4) is 0 Å². The first-order valence-electron chi connectivity index (χ1n) is 6.00. The van der Waals surface area contributed by atoms with Crippen molar-refractivity contribution in [2.24, 2.45) is 7.05 Å². The molecule has 0 atom stereocenters. The summed E-state index contributed by atoms with van der Waals surface area (Å²) in [5, 5.41) is 2.67. The number of nitrogens with one attached hydrogen (secondary N) is 1. The van der Waals surface area contributed by atoms with E-state index in [4.69, 9.17) is 0 Å². The molecule has 2 aromatic heterocycles. The smallest absolute Gasteiger partial charge is 0.295 e. The number of rotatable bonds is 2. The number of amides is 1. The van der Waals surface area contributed by atoms with Crippen molar-refractivity contribution < 1.29 is 4.79 Å². The number of anilines is 1. The molecule has 2 rings (SSSR count). The van der Waals surface area contributed by atoms with E-state index in [9.17, 15) is 4.79 Å². The molecule has 2 aromatic rings. The Morgan fingerprint density at radius 3 is 2.58 bits per heavy atom. The summed E-state index contributed by atoms with van der Waals surface area (Å²) in [6, 6.07) is 1.82. The van der Waals surface area contributed by atoms with Crippen molar-refractivity contribution in [2.45, 2.75) is 26.2 Å². The molecule has 19 heavy (non-hydrogen) atoms. The first kappa shape index (κ1) is 13.2. The van der Waals surface area contributed by atoms with E-state index in [2.05, 4.69) is 20.3 Å². The van der Waals surface area contributed by atoms with Gasteiger partial charge in [-0.3, -0.25) is 10.1 Å². The molecule has 100 valence electrons. The summed E-state index contributed by atoms with van der Waals surface area (Å²) >= 11 is 0. The number of aryl methyl sites for hydroxylation is 1. The van der Waals surface area contributed by atoms with Crippen LogP contribution in [0.4, 0.5) is 5.95 Å². The molecular weight excluding hydrogens is 242 g/mol. The molecule has 0 aliphatic heterocycles. The van der Waals surface area contributed by atoms with E-state index in [1.165, 1.54) is 0 Å². The van der Waals surface area contributed by atoms with Crippen molar-refractivity contribution in [3.05, 3.63) is 36.2 Å². The summed E-state index contributed by atoms with van der Waals surface area (Å²) in [7, 11) is 1.80. The SMILES string of the molecule is Cn1ccnc1NC(=O)c1nccc(C(C)(C)C)n1. The Morgan fingerprint density at radius 2 is 2.00 bits per heavy atom. The minimum Gasteiger partial charge on any atom is -0.320 e. The van der Waals surface area contributed by atoms with E-state index in [0.717, 1.165) is 5.69 Å². The van der Waals surface area contributed by atoms with Gasteiger partial charge < -0.3 is 4.57 Å². The van der Waals surface area contributed by atoms with Gasteiger partial charge in [0.1, 0.15) is 0 Å². The Kier molecular flexibility index (Phi) is 3.33. The number of aromatic nitrogens is 4. The maximum atomic E-state index is 12.1. The van der Waals surface area contributed by atoms with Crippen molar-refractivity contribution in [3.63, 3.8) is 0 Å². The number of hydrogen-bond donors (Lipinski definition) is 1. The summed E-state index contributed by atoms with van der Waals surface area (Å²) in [5.41, 5.74) is 0.703. The maximum absolute atomic E-state index is 12.1. The Bertz CT molecular complexity index is 597. The Morgan fingerprint density at radius 1 is 1.26 bits per heavy atom. The number of nitrogens with zero attached hydrogens (tertiary/aromatic N) is 4. The normalized spacial score (nSPS) is 11.4. The topological polar surface area (TPSA) is 72.7 Å². The van der Waals surface area contributed by atoms with E-state index >= 15 is 0 Å². The quantitative estimate of drug-likeness (QED) is 0.892. The molecule has 0 saturated carbocycles. The van der Waals surface area contributed by atoms with Gasteiger partial charge in [0.2, 0.25) is 11.8 Å². The van der Waals surface area contributed by atoms with Gasteiger partial charge in [-0.05, 0) is 6.07 Å². The van der Waals surface area contributed by atoms with Gasteiger partial charge in [-0.15, -0.1) is 0 Å². The van der Waals surface area contributed by atoms with Gasteiger partial charge in [0, 0.05) is 36.7 Å². The summed E-state index contributed by atoms with van der Waals surface area (Å²) in [6.45, 7) is 6.11. The molecule has 2 heterocycles. The first-order chi connectivity index (χ1) is 8.88. The van der Waals surface area contributed by atoms with Crippen LogP contribution in [0.15, 0.2) is 24.7 Å². The van der Waals surface area contributed by atoms with Crippen molar-refractivity contribution >= 4 is 11.9 Å². The average molecular weight is 259 g/mol. The standard InChI is InChI=1S/C13H17N5O/c1-13(2,3)9-5-6-14-10(16-9)11(19)17-12-15-7-8-18(12)4/h5-8H,1-4H3,(H,15,17,19). The first-order valence-corrected chi connectivity index (χ1v) is 6.00. The summed E-state index contributed by atoms with van der Waals surface area (Å²) in [6.07, 6.45) is 4.96. The van der Waals surface area contributed by atoms with Gasteiger partial charge in [0.15, 0.2) is 0 Å². The van der Waals surface area contributed by atoms with Crippen LogP contribution in [0.25, 0.3) is 0 Å². The molecule has 6 nitrogen and oxygen atoms in total. The zero-order valence-corrected chi connectivity index (χ0v) is 11.5. The highest BCUT2D eigenvalue weighted by molar-refractivity contribution is 6.00. The number of hydrogen-bond acceptors (Lipinski definition) is 4. The molecular formula is C13H17N5O. The third kappa shape index (κ3) is 2.96. The lowest BCUT2D eigenvalue weighted by Crippen LogP contribution is -2.21. The fourth-order valence-corrected chi connectivity index (χ4v) is 1.53. The molecule has 0 fully saturated rings. The van der Waals surface area contributed by atoms with Crippen molar-refractivity contribution in [2.75, 3.05) is 5.32 Å². The minimum atomic E-state index is -0.361. The van der Waals surface area contributed by atoms with E-state index in [1.807, 2.05) is 26.8 Å². The minimum absolute atomic E-state index is 0.124. The second-order valence-electron chi connectivity index (χ2n) is 5.33.